The minimum atomic E-state index is -0.392. The van der Waals surface area contributed by atoms with Crippen molar-refractivity contribution in [1.29, 1.82) is 0 Å². The van der Waals surface area contributed by atoms with E-state index in [1.54, 1.807) is 11.0 Å². The van der Waals surface area contributed by atoms with Crippen molar-refractivity contribution in [2.24, 2.45) is 0 Å². The van der Waals surface area contributed by atoms with Crippen LogP contribution in [0.3, 0.4) is 0 Å². The molecule has 0 radical (unpaired) electrons. The van der Waals surface area contributed by atoms with Crippen molar-refractivity contribution < 1.29 is 19.0 Å². The van der Waals surface area contributed by atoms with Crippen LogP contribution in [0.25, 0.3) is 11.3 Å². The van der Waals surface area contributed by atoms with E-state index in [2.05, 4.69) is 19.9 Å². The number of likely N-dealkylation sites (tertiary alicyclic amines) is 1. The van der Waals surface area contributed by atoms with Gasteiger partial charge in [0.05, 0.1) is 30.6 Å². The number of aromatic nitrogens is 4. The molecule has 3 N–H and O–H groups in total. The fraction of sp³-hybridized carbons (Fsp3) is 0.571. The SMILES string of the molecule is CC(C)OC(=O)N1CCC(Oc2cc(-c3cnc(N)[nH]c3=O)nc(N3CCOCC3)n2)CC1. The fourth-order valence-corrected chi connectivity index (χ4v) is 3.71. The molecule has 0 atom stereocenters. The molecule has 1 amide bonds. The number of aromatic amines is 1. The van der Waals surface area contributed by atoms with E-state index in [1.807, 2.05) is 18.7 Å². The van der Waals surface area contributed by atoms with Crippen LogP contribution < -0.4 is 20.9 Å². The molecule has 4 rings (SSSR count). The van der Waals surface area contributed by atoms with Crippen LogP contribution in [0.15, 0.2) is 17.1 Å². The number of rotatable bonds is 5. The summed E-state index contributed by atoms with van der Waals surface area (Å²) in [5.74, 6) is 0.853. The summed E-state index contributed by atoms with van der Waals surface area (Å²) < 4.78 is 16.9. The quantitative estimate of drug-likeness (QED) is 0.664. The van der Waals surface area contributed by atoms with Gasteiger partial charge in [0.1, 0.15) is 6.10 Å². The van der Waals surface area contributed by atoms with E-state index in [0.717, 1.165) is 0 Å². The first-order valence-corrected chi connectivity index (χ1v) is 11.1. The van der Waals surface area contributed by atoms with E-state index in [1.165, 1.54) is 6.20 Å². The highest BCUT2D eigenvalue weighted by molar-refractivity contribution is 5.67. The minimum Gasteiger partial charge on any atom is -0.474 e. The average Bonchev–Trinajstić information content (AvgIpc) is 2.79. The summed E-state index contributed by atoms with van der Waals surface area (Å²) in [7, 11) is 0. The lowest BCUT2D eigenvalue weighted by atomic mass is 10.1. The van der Waals surface area contributed by atoms with E-state index in [-0.39, 0.29) is 29.8 Å². The maximum absolute atomic E-state index is 12.4. The van der Waals surface area contributed by atoms with Crippen molar-refractivity contribution in [2.45, 2.75) is 38.9 Å². The lowest BCUT2D eigenvalue weighted by Crippen LogP contribution is -2.42. The number of ether oxygens (including phenoxy) is 3. The maximum atomic E-state index is 12.4. The van der Waals surface area contributed by atoms with Crippen molar-refractivity contribution in [3.8, 4) is 17.1 Å². The van der Waals surface area contributed by atoms with E-state index >= 15 is 0 Å². The summed E-state index contributed by atoms with van der Waals surface area (Å²) in [6.07, 6.45) is 2.08. The number of nitrogens with zero attached hydrogens (tertiary/aromatic N) is 5. The zero-order valence-corrected chi connectivity index (χ0v) is 18.8. The number of carbonyl (C=O) groups excluding carboxylic acids is 1. The first kappa shape index (κ1) is 22.8. The third kappa shape index (κ3) is 5.69. The Morgan fingerprint density at radius 2 is 1.94 bits per heavy atom. The third-order valence-electron chi connectivity index (χ3n) is 5.40. The van der Waals surface area contributed by atoms with Gasteiger partial charge in [-0.1, -0.05) is 0 Å². The predicted molar refractivity (Wildman–Crippen MR) is 120 cm³/mol. The number of nitrogen functional groups attached to an aromatic ring is 1. The number of hydrogen-bond acceptors (Lipinski definition) is 10. The topological polar surface area (TPSA) is 149 Å². The standard InChI is InChI=1S/C21H29N7O5/c1-13(2)32-21(30)28-5-3-14(4-6-28)33-17-11-16(15-12-23-19(22)26-18(15)29)24-20(25-17)27-7-9-31-10-8-27/h11-14H,3-10H2,1-2H3,(H3,22,23,26,29). The number of hydrogen-bond donors (Lipinski definition) is 2. The molecule has 0 aromatic carbocycles. The highest BCUT2D eigenvalue weighted by Crippen LogP contribution is 2.25. The Kier molecular flexibility index (Phi) is 6.92. The summed E-state index contributed by atoms with van der Waals surface area (Å²) in [5, 5.41) is 0. The van der Waals surface area contributed by atoms with Crippen molar-refractivity contribution >= 4 is 18.0 Å². The van der Waals surface area contributed by atoms with Crippen LogP contribution in [0.2, 0.25) is 0 Å². The number of carbonyl (C=O) groups is 1. The van der Waals surface area contributed by atoms with Gasteiger partial charge >= 0.3 is 6.09 Å². The van der Waals surface area contributed by atoms with Gasteiger partial charge in [-0.3, -0.25) is 9.78 Å². The smallest absolute Gasteiger partial charge is 0.410 e. The normalized spacial score (nSPS) is 17.3. The Morgan fingerprint density at radius 1 is 1.21 bits per heavy atom. The first-order chi connectivity index (χ1) is 15.9. The summed E-state index contributed by atoms with van der Waals surface area (Å²) in [5.41, 5.74) is 5.86. The zero-order chi connectivity index (χ0) is 23.4. The molecule has 2 aliphatic heterocycles. The molecule has 2 fully saturated rings. The number of nitrogens with two attached hydrogens (primary N) is 1. The second-order valence-corrected chi connectivity index (χ2v) is 8.24. The Hall–Kier alpha value is -3.41. The Morgan fingerprint density at radius 3 is 2.61 bits per heavy atom. The molecular formula is C21H29N7O5. The van der Waals surface area contributed by atoms with Crippen LogP contribution >= 0.6 is 0 Å². The van der Waals surface area contributed by atoms with Crippen molar-refractivity contribution in [3.05, 3.63) is 22.6 Å². The van der Waals surface area contributed by atoms with Crippen molar-refractivity contribution in [1.82, 2.24) is 24.8 Å². The molecule has 2 aromatic rings. The lowest BCUT2D eigenvalue weighted by molar-refractivity contribution is 0.0507. The Balaban J connectivity index is 1.53. The predicted octanol–water partition coefficient (Wildman–Crippen LogP) is 1.03. The molecule has 33 heavy (non-hydrogen) atoms. The molecular weight excluding hydrogens is 430 g/mol. The second-order valence-electron chi connectivity index (χ2n) is 8.24. The van der Waals surface area contributed by atoms with Gasteiger partial charge in [0.25, 0.3) is 5.56 Å². The summed E-state index contributed by atoms with van der Waals surface area (Å²) in [6.45, 7) is 7.13. The fourth-order valence-electron chi connectivity index (χ4n) is 3.71. The van der Waals surface area contributed by atoms with Gasteiger partial charge in [0.2, 0.25) is 11.8 Å². The van der Waals surface area contributed by atoms with Crippen molar-refractivity contribution in [3.63, 3.8) is 0 Å². The molecule has 12 nitrogen and oxygen atoms in total. The van der Waals surface area contributed by atoms with Crippen LogP contribution in [-0.4, -0.2) is 82.5 Å². The van der Waals surface area contributed by atoms with Crippen LogP contribution in [0.4, 0.5) is 16.7 Å². The van der Waals surface area contributed by atoms with Gasteiger partial charge in [-0.2, -0.15) is 4.98 Å². The number of nitrogens with one attached hydrogen (secondary N) is 1. The van der Waals surface area contributed by atoms with E-state index < -0.39 is 5.56 Å². The molecule has 0 aliphatic carbocycles. The van der Waals surface area contributed by atoms with Gasteiger partial charge in [0.15, 0.2) is 5.95 Å². The van der Waals surface area contributed by atoms with Crippen LogP contribution in [0.5, 0.6) is 5.88 Å². The van der Waals surface area contributed by atoms with E-state index in [0.29, 0.717) is 69.8 Å². The third-order valence-corrected chi connectivity index (χ3v) is 5.40. The summed E-state index contributed by atoms with van der Waals surface area (Å²) in [6, 6.07) is 1.63. The molecule has 2 saturated heterocycles. The molecule has 12 heteroatoms. The van der Waals surface area contributed by atoms with E-state index in [9.17, 15) is 9.59 Å². The Labute approximate surface area is 191 Å². The molecule has 4 heterocycles. The number of piperidine rings is 1. The maximum Gasteiger partial charge on any atom is 0.410 e. The highest BCUT2D eigenvalue weighted by atomic mass is 16.6. The molecule has 0 bridgehead atoms. The van der Waals surface area contributed by atoms with Gasteiger partial charge in [0, 0.05) is 51.3 Å². The molecule has 2 aliphatic rings. The second kappa shape index (κ2) is 10.0. The molecule has 0 saturated carbocycles. The number of H-pyrrole nitrogens is 1. The summed E-state index contributed by atoms with van der Waals surface area (Å²) >= 11 is 0. The highest BCUT2D eigenvalue weighted by Gasteiger charge is 2.26. The van der Waals surface area contributed by atoms with Gasteiger partial charge < -0.3 is 29.7 Å². The molecule has 2 aromatic heterocycles. The molecule has 0 spiro atoms. The average molecular weight is 460 g/mol. The number of anilines is 2. The van der Waals surface area contributed by atoms with Gasteiger partial charge in [-0.25, -0.2) is 14.8 Å². The number of morpholine rings is 1. The van der Waals surface area contributed by atoms with E-state index in [4.69, 9.17) is 19.9 Å². The number of amides is 1. The summed E-state index contributed by atoms with van der Waals surface area (Å²) in [4.78, 5) is 43.9. The largest absolute Gasteiger partial charge is 0.474 e. The zero-order valence-electron chi connectivity index (χ0n) is 18.8. The molecule has 178 valence electrons. The van der Waals surface area contributed by atoms with Crippen LogP contribution in [-0.2, 0) is 9.47 Å². The van der Waals surface area contributed by atoms with Crippen molar-refractivity contribution in [2.75, 3.05) is 50.0 Å². The van der Waals surface area contributed by atoms with Gasteiger partial charge in [-0.15, -0.1) is 0 Å². The monoisotopic (exact) mass is 459 g/mol. The molecule has 0 unspecified atom stereocenters. The lowest BCUT2D eigenvalue weighted by Gasteiger charge is -2.32. The van der Waals surface area contributed by atoms with Crippen LogP contribution in [0, 0.1) is 0 Å². The first-order valence-electron chi connectivity index (χ1n) is 11.1. The minimum absolute atomic E-state index is 0.0328. The van der Waals surface area contributed by atoms with Crippen LogP contribution in [0.1, 0.15) is 26.7 Å². The Bertz CT molecular complexity index is 1030. The van der Waals surface area contributed by atoms with Gasteiger partial charge in [-0.05, 0) is 13.8 Å².